The summed E-state index contributed by atoms with van der Waals surface area (Å²) in [5, 5.41) is 19.8. The topological polar surface area (TPSA) is 90.4 Å². The molecule has 0 spiro atoms. The molecule has 2 aromatic rings. The van der Waals surface area contributed by atoms with Crippen molar-refractivity contribution in [3.63, 3.8) is 0 Å². The van der Waals surface area contributed by atoms with Crippen molar-refractivity contribution < 1.29 is 15.0 Å². The highest BCUT2D eigenvalue weighted by Gasteiger charge is 2.18. The number of pyridine rings is 1. The molecule has 1 aromatic heterocycles. The van der Waals surface area contributed by atoms with Crippen LogP contribution in [0, 0.1) is 5.92 Å². The van der Waals surface area contributed by atoms with E-state index in [0.717, 1.165) is 12.0 Å². The van der Waals surface area contributed by atoms with Gasteiger partial charge in [0.2, 0.25) is 0 Å². The lowest BCUT2D eigenvalue weighted by atomic mass is 10.0. The van der Waals surface area contributed by atoms with Crippen molar-refractivity contribution in [1.82, 2.24) is 4.98 Å². The summed E-state index contributed by atoms with van der Waals surface area (Å²) in [6, 6.07) is 6.10. The summed E-state index contributed by atoms with van der Waals surface area (Å²) >= 11 is 0. The molecule has 136 valence electrons. The number of H-pyrrole nitrogens is 1. The summed E-state index contributed by atoms with van der Waals surface area (Å²) in [7, 11) is 0. The van der Waals surface area contributed by atoms with Gasteiger partial charge in [0.1, 0.15) is 17.1 Å². The van der Waals surface area contributed by atoms with Gasteiger partial charge in [0, 0.05) is 11.8 Å². The van der Waals surface area contributed by atoms with Crippen molar-refractivity contribution in [1.29, 1.82) is 0 Å². The average Bonchev–Trinajstić information content (AvgIpc) is 2.61. The zero-order valence-corrected chi connectivity index (χ0v) is 15.1. The second kappa shape index (κ2) is 8.34. The van der Waals surface area contributed by atoms with Crippen LogP contribution in [0.5, 0.6) is 11.5 Å². The number of hydrogen-bond acceptors (Lipinski definition) is 4. The Morgan fingerprint density at radius 2 is 1.85 bits per heavy atom. The number of carbonyl (C=O) groups excluding carboxylic acids is 1. The quantitative estimate of drug-likeness (QED) is 0.413. The van der Waals surface area contributed by atoms with Gasteiger partial charge in [0.05, 0.1) is 0 Å². The number of carbonyl (C=O) groups is 1. The second-order valence-electron chi connectivity index (χ2n) is 6.30. The van der Waals surface area contributed by atoms with Crippen LogP contribution in [0.15, 0.2) is 59.1 Å². The van der Waals surface area contributed by atoms with Gasteiger partial charge in [-0.3, -0.25) is 9.59 Å². The highest BCUT2D eigenvalue weighted by atomic mass is 16.3. The molecule has 0 bridgehead atoms. The number of hydrogen-bond donors (Lipinski definition) is 3. The van der Waals surface area contributed by atoms with Crippen molar-refractivity contribution >= 4 is 5.78 Å². The van der Waals surface area contributed by atoms with Crippen LogP contribution in [0.4, 0.5) is 0 Å². The highest BCUT2D eigenvalue weighted by Crippen LogP contribution is 2.31. The molecule has 3 N–H and O–H groups in total. The lowest BCUT2D eigenvalue weighted by Crippen LogP contribution is -2.16. The van der Waals surface area contributed by atoms with Gasteiger partial charge in [-0.2, -0.15) is 0 Å². The summed E-state index contributed by atoms with van der Waals surface area (Å²) < 4.78 is 0. The standard InChI is InChI=1S/C21H23NO4/c1-4-13(2)11-14(3)5-10-18(24)19-20(25)17(12-22-21(19)26)15-6-8-16(23)9-7-15/h5-13,23H,4H2,1-3H3,(H2,22,25,26)/b10-5+,14-11+. The maximum atomic E-state index is 12.4. The Balaban J connectivity index is 2.39. The zero-order chi connectivity index (χ0) is 19.3. The molecule has 0 radical (unpaired) electrons. The number of benzene rings is 1. The van der Waals surface area contributed by atoms with Gasteiger partial charge in [-0.25, -0.2) is 0 Å². The monoisotopic (exact) mass is 353 g/mol. The van der Waals surface area contributed by atoms with E-state index in [1.807, 2.05) is 13.0 Å². The number of allylic oxidation sites excluding steroid dienone is 4. The molecule has 0 fully saturated rings. The fourth-order valence-electron chi connectivity index (χ4n) is 2.52. The van der Waals surface area contributed by atoms with Crippen molar-refractivity contribution in [3.8, 4) is 22.6 Å². The molecule has 2 rings (SSSR count). The van der Waals surface area contributed by atoms with E-state index in [4.69, 9.17) is 0 Å². The smallest absolute Gasteiger partial charge is 0.263 e. The van der Waals surface area contributed by atoms with Gasteiger partial charge in [-0.1, -0.05) is 50.1 Å². The number of aromatic amines is 1. The van der Waals surface area contributed by atoms with E-state index in [1.54, 1.807) is 18.2 Å². The average molecular weight is 353 g/mol. The molecule has 26 heavy (non-hydrogen) atoms. The lowest BCUT2D eigenvalue weighted by molar-refractivity contribution is 0.104. The predicted octanol–water partition coefficient (Wildman–Crippen LogP) is 4.18. The first kappa shape index (κ1) is 19.2. The number of phenols is 1. The first-order valence-electron chi connectivity index (χ1n) is 8.48. The SMILES string of the molecule is CCC(C)/C=C(C)/C=C/C(=O)c1c(O)c(-c2ccc(O)cc2)c[nH]c1=O. The molecule has 1 atom stereocenters. The van der Waals surface area contributed by atoms with Crippen molar-refractivity contribution in [2.75, 3.05) is 0 Å². The van der Waals surface area contributed by atoms with Gasteiger partial charge in [0.25, 0.3) is 5.56 Å². The van der Waals surface area contributed by atoms with E-state index in [9.17, 15) is 19.8 Å². The predicted molar refractivity (Wildman–Crippen MR) is 103 cm³/mol. The Bertz CT molecular complexity index is 905. The zero-order valence-electron chi connectivity index (χ0n) is 15.1. The van der Waals surface area contributed by atoms with E-state index in [0.29, 0.717) is 17.0 Å². The van der Waals surface area contributed by atoms with Crippen LogP contribution in [-0.4, -0.2) is 21.0 Å². The Hall–Kier alpha value is -3.08. The first-order valence-corrected chi connectivity index (χ1v) is 8.48. The molecule has 0 aliphatic carbocycles. The summed E-state index contributed by atoms with van der Waals surface area (Å²) in [6.45, 7) is 6.04. The molecule has 0 saturated heterocycles. The number of aromatic nitrogens is 1. The second-order valence-corrected chi connectivity index (χ2v) is 6.30. The normalized spacial score (nSPS) is 13.1. The maximum absolute atomic E-state index is 12.4. The van der Waals surface area contributed by atoms with Crippen molar-refractivity contribution in [2.45, 2.75) is 27.2 Å². The van der Waals surface area contributed by atoms with E-state index in [-0.39, 0.29) is 17.1 Å². The summed E-state index contributed by atoms with van der Waals surface area (Å²) in [4.78, 5) is 27.0. The van der Waals surface area contributed by atoms with Gasteiger partial charge in [-0.15, -0.1) is 0 Å². The van der Waals surface area contributed by atoms with Crippen LogP contribution >= 0.6 is 0 Å². The third-order valence-electron chi connectivity index (χ3n) is 4.18. The molecule has 0 aliphatic heterocycles. The largest absolute Gasteiger partial charge is 0.508 e. The van der Waals surface area contributed by atoms with E-state index in [1.165, 1.54) is 24.4 Å². The Morgan fingerprint density at radius 1 is 1.19 bits per heavy atom. The van der Waals surface area contributed by atoms with E-state index >= 15 is 0 Å². The van der Waals surface area contributed by atoms with Crippen LogP contribution in [0.1, 0.15) is 37.6 Å². The first-order chi connectivity index (χ1) is 12.3. The fourth-order valence-corrected chi connectivity index (χ4v) is 2.52. The number of nitrogens with one attached hydrogen (secondary N) is 1. The highest BCUT2D eigenvalue weighted by molar-refractivity contribution is 6.07. The summed E-state index contributed by atoms with van der Waals surface area (Å²) in [6.07, 6.45) is 7.31. The molecular formula is C21H23NO4. The van der Waals surface area contributed by atoms with Crippen molar-refractivity contribution in [3.05, 3.63) is 70.2 Å². The fraction of sp³-hybridized carbons (Fsp3) is 0.238. The van der Waals surface area contributed by atoms with Gasteiger partial charge in [-0.05, 0) is 36.6 Å². The Morgan fingerprint density at radius 3 is 2.46 bits per heavy atom. The molecule has 0 saturated carbocycles. The minimum atomic E-state index is -0.650. The van der Waals surface area contributed by atoms with Crippen molar-refractivity contribution in [2.24, 2.45) is 5.92 Å². The third-order valence-corrected chi connectivity index (χ3v) is 4.18. The number of phenolic OH excluding ortho intramolecular Hbond substituents is 1. The minimum absolute atomic E-state index is 0.0838. The Kier molecular flexibility index (Phi) is 6.17. The van der Waals surface area contributed by atoms with Crippen LogP contribution in [0.2, 0.25) is 0 Å². The molecule has 5 nitrogen and oxygen atoms in total. The maximum Gasteiger partial charge on any atom is 0.263 e. The summed E-state index contributed by atoms with van der Waals surface area (Å²) in [5.74, 6) is -0.469. The molecule has 1 unspecified atom stereocenters. The van der Waals surface area contributed by atoms with Gasteiger partial charge < -0.3 is 15.2 Å². The lowest BCUT2D eigenvalue weighted by Gasteiger charge is -2.08. The van der Waals surface area contributed by atoms with Crippen LogP contribution < -0.4 is 5.56 Å². The summed E-state index contributed by atoms with van der Waals surface area (Å²) in [5.41, 5.74) is 0.848. The van der Waals surface area contributed by atoms with Gasteiger partial charge >= 0.3 is 0 Å². The van der Waals surface area contributed by atoms with Crippen LogP contribution in [0.3, 0.4) is 0 Å². The molecule has 0 aliphatic rings. The van der Waals surface area contributed by atoms with Crippen LogP contribution in [-0.2, 0) is 0 Å². The molecule has 1 aromatic carbocycles. The number of aromatic hydroxyl groups is 2. The third kappa shape index (κ3) is 4.51. The van der Waals surface area contributed by atoms with E-state index < -0.39 is 11.3 Å². The molecule has 1 heterocycles. The minimum Gasteiger partial charge on any atom is -0.508 e. The molecule has 5 heteroatoms. The Labute approximate surface area is 152 Å². The number of rotatable bonds is 6. The van der Waals surface area contributed by atoms with Gasteiger partial charge in [0.15, 0.2) is 5.78 Å². The van der Waals surface area contributed by atoms with E-state index in [2.05, 4.69) is 18.8 Å². The number of ketones is 1. The molecular weight excluding hydrogens is 330 g/mol. The van der Waals surface area contributed by atoms with Crippen LogP contribution in [0.25, 0.3) is 11.1 Å². The molecule has 0 amide bonds.